The minimum atomic E-state index is 0.553. The van der Waals surface area contributed by atoms with Crippen molar-refractivity contribution in [2.24, 2.45) is 4.99 Å². The molecule has 7 heteroatoms. The predicted molar refractivity (Wildman–Crippen MR) is 129 cm³/mol. The Morgan fingerprint density at radius 1 is 1.00 bits per heavy atom. The van der Waals surface area contributed by atoms with E-state index in [1.807, 2.05) is 36.4 Å². The van der Waals surface area contributed by atoms with Gasteiger partial charge in [0.05, 0.1) is 26.9 Å². The first-order chi connectivity index (χ1) is 15.8. The van der Waals surface area contributed by atoms with E-state index in [1.165, 1.54) is 5.56 Å². The lowest BCUT2D eigenvalue weighted by Crippen LogP contribution is -2.38. The molecule has 0 aromatic heterocycles. The van der Waals surface area contributed by atoms with Crippen molar-refractivity contribution >= 4 is 5.96 Å². The molecule has 0 atom stereocenters. The highest BCUT2D eigenvalue weighted by Crippen LogP contribution is 2.19. The maximum atomic E-state index is 6.09. The second-order valence-corrected chi connectivity index (χ2v) is 7.59. The van der Waals surface area contributed by atoms with Crippen molar-refractivity contribution in [1.29, 1.82) is 0 Å². The van der Waals surface area contributed by atoms with Gasteiger partial charge in [0.15, 0.2) is 5.96 Å². The Balaban J connectivity index is 1.52. The summed E-state index contributed by atoms with van der Waals surface area (Å²) in [5, 5.41) is 6.74. The average Bonchev–Trinajstić information content (AvgIpc) is 2.84. The number of benzene rings is 2. The molecule has 2 aromatic rings. The largest absolute Gasteiger partial charge is 0.496 e. The van der Waals surface area contributed by atoms with Crippen molar-refractivity contribution in [2.75, 3.05) is 59.7 Å². The molecular formula is C25H36N4O3. The zero-order valence-corrected chi connectivity index (χ0v) is 19.3. The van der Waals surface area contributed by atoms with E-state index in [4.69, 9.17) is 19.2 Å². The monoisotopic (exact) mass is 440 g/mol. The summed E-state index contributed by atoms with van der Waals surface area (Å²) in [7, 11) is 1.71. The molecule has 0 radical (unpaired) electrons. The average molecular weight is 441 g/mol. The van der Waals surface area contributed by atoms with E-state index in [2.05, 4.69) is 34.6 Å². The summed E-state index contributed by atoms with van der Waals surface area (Å²) < 4.78 is 16.9. The van der Waals surface area contributed by atoms with Gasteiger partial charge in [-0.2, -0.15) is 0 Å². The van der Waals surface area contributed by atoms with Gasteiger partial charge >= 0.3 is 0 Å². The molecule has 0 unspecified atom stereocenters. The van der Waals surface area contributed by atoms with Crippen LogP contribution in [0.5, 0.6) is 11.5 Å². The van der Waals surface area contributed by atoms with Crippen LogP contribution in [0, 0.1) is 0 Å². The van der Waals surface area contributed by atoms with E-state index in [1.54, 1.807) is 7.11 Å². The van der Waals surface area contributed by atoms with Crippen LogP contribution in [0.1, 0.15) is 18.1 Å². The summed E-state index contributed by atoms with van der Waals surface area (Å²) >= 11 is 0. The molecule has 0 amide bonds. The van der Waals surface area contributed by atoms with Gasteiger partial charge in [0.1, 0.15) is 18.1 Å². The maximum absolute atomic E-state index is 6.09. The molecule has 1 fully saturated rings. The molecule has 1 saturated heterocycles. The van der Waals surface area contributed by atoms with E-state index in [-0.39, 0.29) is 0 Å². The molecule has 0 bridgehead atoms. The van der Waals surface area contributed by atoms with Crippen LogP contribution in [0.25, 0.3) is 0 Å². The second-order valence-electron chi connectivity index (χ2n) is 7.59. The first kappa shape index (κ1) is 23.9. The molecule has 0 saturated carbocycles. The predicted octanol–water partition coefficient (Wildman–Crippen LogP) is 2.70. The van der Waals surface area contributed by atoms with E-state index in [0.717, 1.165) is 75.4 Å². The van der Waals surface area contributed by atoms with E-state index >= 15 is 0 Å². The number of morpholine rings is 1. The molecule has 174 valence electrons. The highest BCUT2D eigenvalue weighted by Gasteiger charge is 2.11. The molecule has 1 aliphatic heterocycles. The third-order valence-corrected chi connectivity index (χ3v) is 5.37. The highest BCUT2D eigenvalue weighted by atomic mass is 16.5. The van der Waals surface area contributed by atoms with Gasteiger partial charge in [-0.25, -0.2) is 4.99 Å². The third-order valence-electron chi connectivity index (χ3n) is 5.37. The second kappa shape index (κ2) is 13.6. The van der Waals surface area contributed by atoms with E-state index in [9.17, 15) is 0 Å². The van der Waals surface area contributed by atoms with E-state index in [0.29, 0.717) is 13.2 Å². The Morgan fingerprint density at radius 2 is 1.72 bits per heavy atom. The van der Waals surface area contributed by atoms with Crippen LogP contribution in [0.2, 0.25) is 0 Å². The Bertz CT molecular complexity index is 837. The molecule has 1 aliphatic rings. The van der Waals surface area contributed by atoms with Gasteiger partial charge in [-0.15, -0.1) is 0 Å². The van der Waals surface area contributed by atoms with E-state index < -0.39 is 0 Å². The normalized spacial score (nSPS) is 14.8. The van der Waals surface area contributed by atoms with Crippen LogP contribution in [0.4, 0.5) is 0 Å². The van der Waals surface area contributed by atoms with Crippen molar-refractivity contribution < 1.29 is 14.2 Å². The number of hydrogen-bond acceptors (Lipinski definition) is 5. The molecule has 3 rings (SSSR count). The lowest BCUT2D eigenvalue weighted by molar-refractivity contribution is 0.0322. The van der Waals surface area contributed by atoms with Gasteiger partial charge in [0.25, 0.3) is 0 Å². The lowest BCUT2D eigenvalue weighted by Gasteiger charge is -2.26. The van der Waals surface area contributed by atoms with Gasteiger partial charge in [-0.3, -0.25) is 4.90 Å². The Kier molecular flexibility index (Phi) is 10.2. The third kappa shape index (κ3) is 7.73. The maximum Gasteiger partial charge on any atom is 0.191 e. The standard InChI is InChI=1S/C25H36N4O3/c1-3-26-25(27-13-12-21-8-4-6-10-23(21)30-2)28-20-22-9-5-7-11-24(22)32-19-16-29-14-17-31-18-15-29/h4-11H,3,12-20H2,1-2H3,(H2,26,27,28). The SMILES string of the molecule is CCNC(=NCc1ccccc1OCCN1CCOCC1)NCCc1ccccc1OC. The fraction of sp³-hybridized carbons (Fsp3) is 0.480. The Labute approximate surface area is 191 Å². The number of methoxy groups -OCH3 is 1. The summed E-state index contributed by atoms with van der Waals surface area (Å²) in [5.74, 6) is 2.61. The fourth-order valence-corrected chi connectivity index (χ4v) is 3.62. The first-order valence-corrected chi connectivity index (χ1v) is 11.4. The molecule has 1 heterocycles. The van der Waals surface area contributed by atoms with Crippen molar-refractivity contribution in [3.8, 4) is 11.5 Å². The number of ether oxygens (including phenoxy) is 3. The van der Waals surface area contributed by atoms with Crippen molar-refractivity contribution in [1.82, 2.24) is 15.5 Å². The zero-order chi connectivity index (χ0) is 22.4. The van der Waals surface area contributed by atoms with Crippen molar-refractivity contribution in [3.63, 3.8) is 0 Å². The number of rotatable bonds is 11. The van der Waals surface area contributed by atoms with Gasteiger partial charge < -0.3 is 24.8 Å². The van der Waals surface area contributed by atoms with Gasteiger partial charge in [0.2, 0.25) is 0 Å². The van der Waals surface area contributed by atoms with Crippen molar-refractivity contribution in [3.05, 3.63) is 59.7 Å². The van der Waals surface area contributed by atoms with Gasteiger partial charge in [-0.05, 0) is 31.0 Å². The summed E-state index contributed by atoms with van der Waals surface area (Å²) in [6.45, 7) is 9.33. The first-order valence-electron chi connectivity index (χ1n) is 11.4. The molecule has 7 nitrogen and oxygen atoms in total. The fourth-order valence-electron chi connectivity index (χ4n) is 3.62. The van der Waals surface area contributed by atoms with Crippen LogP contribution in [-0.4, -0.2) is 70.5 Å². The molecule has 0 spiro atoms. The van der Waals surface area contributed by atoms with Gasteiger partial charge in [0, 0.05) is 38.3 Å². The molecule has 2 N–H and O–H groups in total. The summed E-state index contributed by atoms with van der Waals surface area (Å²) in [6, 6.07) is 16.2. The number of guanidine groups is 1. The number of nitrogens with zero attached hydrogens (tertiary/aromatic N) is 2. The number of para-hydroxylation sites is 2. The number of hydrogen-bond donors (Lipinski definition) is 2. The zero-order valence-electron chi connectivity index (χ0n) is 19.3. The van der Waals surface area contributed by atoms with Crippen LogP contribution in [-0.2, 0) is 17.7 Å². The van der Waals surface area contributed by atoms with Crippen LogP contribution in [0.15, 0.2) is 53.5 Å². The molecule has 0 aliphatic carbocycles. The summed E-state index contributed by atoms with van der Waals surface area (Å²) in [4.78, 5) is 7.15. The molecular weight excluding hydrogens is 404 g/mol. The Morgan fingerprint density at radius 3 is 2.47 bits per heavy atom. The van der Waals surface area contributed by atoms with Gasteiger partial charge in [-0.1, -0.05) is 36.4 Å². The lowest BCUT2D eigenvalue weighted by atomic mass is 10.1. The quantitative estimate of drug-likeness (QED) is 0.414. The van der Waals surface area contributed by atoms with Crippen LogP contribution in [0.3, 0.4) is 0 Å². The molecule has 32 heavy (non-hydrogen) atoms. The number of aliphatic imine (C=N–C) groups is 1. The topological polar surface area (TPSA) is 67.4 Å². The number of nitrogens with one attached hydrogen (secondary N) is 2. The summed E-state index contributed by atoms with van der Waals surface area (Å²) in [5.41, 5.74) is 2.26. The summed E-state index contributed by atoms with van der Waals surface area (Å²) in [6.07, 6.45) is 0.857. The van der Waals surface area contributed by atoms with Crippen molar-refractivity contribution in [2.45, 2.75) is 19.9 Å². The minimum Gasteiger partial charge on any atom is -0.496 e. The minimum absolute atomic E-state index is 0.553. The Hall–Kier alpha value is -2.77. The van der Waals surface area contributed by atoms with Crippen LogP contribution < -0.4 is 20.1 Å². The smallest absolute Gasteiger partial charge is 0.191 e. The van der Waals surface area contributed by atoms with Crippen LogP contribution >= 0.6 is 0 Å². The molecule has 2 aromatic carbocycles. The highest BCUT2D eigenvalue weighted by molar-refractivity contribution is 5.79.